The van der Waals surface area contributed by atoms with Gasteiger partial charge in [-0.05, 0) is 50.1 Å². The highest BCUT2D eigenvalue weighted by molar-refractivity contribution is 5.88. The van der Waals surface area contributed by atoms with Crippen LogP contribution in [0.4, 0.5) is 11.5 Å². The van der Waals surface area contributed by atoms with E-state index in [4.69, 9.17) is 9.47 Å². The molecule has 7 nitrogen and oxygen atoms in total. The van der Waals surface area contributed by atoms with Gasteiger partial charge in [0.05, 0.1) is 25.3 Å². The predicted molar refractivity (Wildman–Crippen MR) is 102 cm³/mol. The van der Waals surface area contributed by atoms with E-state index >= 15 is 0 Å². The van der Waals surface area contributed by atoms with E-state index in [0.717, 1.165) is 40.1 Å². The van der Waals surface area contributed by atoms with E-state index in [1.807, 2.05) is 42.8 Å². The lowest BCUT2D eigenvalue weighted by atomic mass is 10.2. The topological polar surface area (TPSA) is 74.1 Å². The van der Waals surface area contributed by atoms with Crippen molar-refractivity contribution >= 4 is 22.5 Å². The molecular formula is C19H25N5O2. The molecule has 1 unspecified atom stereocenters. The SMILES string of the molecule is CCC(COC)n1nnc2c(Nc3ccc(O[11CH3])cc3C)nc(C)cc21. The lowest BCUT2D eigenvalue weighted by molar-refractivity contribution is 0.148. The number of pyridine rings is 1. The molecule has 2 aromatic heterocycles. The summed E-state index contributed by atoms with van der Waals surface area (Å²) in [4.78, 5) is 4.64. The zero-order valence-electron chi connectivity index (χ0n) is 15.9. The number of anilines is 2. The van der Waals surface area contributed by atoms with Crippen molar-refractivity contribution in [2.24, 2.45) is 0 Å². The number of methoxy groups -OCH3 is 2. The van der Waals surface area contributed by atoms with Crippen molar-refractivity contribution in [1.29, 1.82) is 0 Å². The number of aryl methyl sites for hydroxylation is 2. The molecule has 1 atom stereocenters. The van der Waals surface area contributed by atoms with Gasteiger partial charge in [0.1, 0.15) is 5.75 Å². The maximum atomic E-state index is 5.33. The fourth-order valence-electron chi connectivity index (χ4n) is 3.01. The second-order valence-electron chi connectivity index (χ2n) is 6.34. The maximum absolute atomic E-state index is 5.33. The van der Waals surface area contributed by atoms with E-state index < -0.39 is 0 Å². The summed E-state index contributed by atoms with van der Waals surface area (Å²) in [6.07, 6.45) is 0.911. The molecule has 0 amide bonds. The van der Waals surface area contributed by atoms with Crippen molar-refractivity contribution in [1.82, 2.24) is 20.0 Å². The fourth-order valence-corrected chi connectivity index (χ4v) is 3.01. The molecule has 2 heterocycles. The van der Waals surface area contributed by atoms with Crippen LogP contribution in [0.25, 0.3) is 11.0 Å². The highest BCUT2D eigenvalue weighted by atomic mass is 16.5. The fraction of sp³-hybridized carbons (Fsp3) is 0.421. The van der Waals surface area contributed by atoms with Gasteiger partial charge in [0.25, 0.3) is 0 Å². The first kappa shape index (κ1) is 18.1. The first-order valence-corrected chi connectivity index (χ1v) is 8.70. The van der Waals surface area contributed by atoms with Gasteiger partial charge >= 0.3 is 0 Å². The van der Waals surface area contributed by atoms with Crippen molar-refractivity contribution < 1.29 is 9.47 Å². The van der Waals surface area contributed by atoms with Gasteiger partial charge in [-0.1, -0.05) is 12.1 Å². The van der Waals surface area contributed by atoms with Gasteiger partial charge in [0, 0.05) is 18.5 Å². The predicted octanol–water partition coefficient (Wildman–Crippen LogP) is 3.79. The molecule has 3 aromatic rings. The van der Waals surface area contributed by atoms with E-state index in [-0.39, 0.29) is 6.04 Å². The number of nitrogens with zero attached hydrogens (tertiary/aromatic N) is 4. The summed E-state index contributed by atoms with van der Waals surface area (Å²) < 4.78 is 12.5. The largest absolute Gasteiger partial charge is 0.497 e. The molecule has 0 saturated heterocycles. The van der Waals surface area contributed by atoms with Gasteiger partial charge in [0.15, 0.2) is 11.3 Å². The summed E-state index contributed by atoms with van der Waals surface area (Å²) in [5, 5.41) is 12.1. The van der Waals surface area contributed by atoms with Crippen LogP contribution in [0.15, 0.2) is 24.3 Å². The molecule has 3 rings (SSSR count). The second-order valence-corrected chi connectivity index (χ2v) is 6.34. The van der Waals surface area contributed by atoms with Crippen LogP contribution in [-0.2, 0) is 4.74 Å². The number of ether oxygens (including phenoxy) is 2. The number of hydrogen-bond acceptors (Lipinski definition) is 6. The molecule has 0 spiro atoms. The van der Waals surface area contributed by atoms with Crippen LogP contribution in [0.2, 0.25) is 0 Å². The van der Waals surface area contributed by atoms with E-state index in [0.29, 0.717) is 12.4 Å². The van der Waals surface area contributed by atoms with Gasteiger partial charge in [-0.15, -0.1) is 5.10 Å². The summed E-state index contributed by atoms with van der Waals surface area (Å²) in [5.74, 6) is 1.53. The van der Waals surface area contributed by atoms with Crippen LogP contribution >= 0.6 is 0 Å². The number of hydrogen-bond donors (Lipinski definition) is 1. The average molecular weight is 354 g/mol. The normalized spacial score (nSPS) is 12.3. The van der Waals surface area contributed by atoms with Gasteiger partial charge in [0.2, 0.25) is 0 Å². The molecule has 7 heteroatoms. The summed E-state index contributed by atoms with van der Waals surface area (Å²) in [5.41, 5.74) is 4.64. The van der Waals surface area contributed by atoms with E-state index in [1.165, 1.54) is 0 Å². The molecule has 0 aliphatic heterocycles. The first-order chi connectivity index (χ1) is 12.6. The molecule has 1 aromatic carbocycles. The summed E-state index contributed by atoms with van der Waals surface area (Å²) in [6.45, 7) is 6.71. The number of aromatic nitrogens is 4. The van der Waals surface area contributed by atoms with Crippen molar-refractivity contribution in [3.63, 3.8) is 0 Å². The van der Waals surface area contributed by atoms with E-state index in [9.17, 15) is 0 Å². The third kappa shape index (κ3) is 3.48. The van der Waals surface area contributed by atoms with Crippen LogP contribution in [0.3, 0.4) is 0 Å². The van der Waals surface area contributed by atoms with E-state index in [2.05, 4.69) is 27.5 Å². The number of benzene rings is 1. The number of nitrogens with one attached hydrogen (secondary N) is 1. The lowest BCUT2D eigenvalue weighted by Gasteiger charge is -2.15. The van der Waals surface area contributed by atoms with Crippen molar-refractivity contribution in [2.75, 3.05) is 26.1 Å². The van der Waals surface area contributed by atoms with Crippen LogP contribution in [0.5, 0.6) is 5.75 Å². The summed E-state index contributed by atoms with van der Waals surface area (Å²) >= 11 is 0. The highest BCUT2D eigenvalue weighted by Gasteiger charge is 2.18. The Labute approximate surface area is 153 Å². The van der Waals surface area contributed by atoms with Crippen LogP contribution in [0, 0.1) is 13.8 Å². The van der Waals surface area contributed by atoms with Gasteiger partial charge < -0.3 is 14.8 Å². The Hall–Kier alpha value is -2.67. The lowest BCUT2D eigenvalue weighted by Crippen LogP contribution is -2.15. The van der Waals surface area contributed by atoms with Gasteiger partial charge in [-0.2, -0.15) is 0 Å². The van der Waals surface area contributed by atoms with E-state index in [1.54, 1.807) is 14.2 Å². The third-order valence-electron chi connectivity index (χ3n) is 4.45. The Balaban J connectivity index is 2.03. The highest BCUT2D eigenvalue weighted by Crippen LogP contribution is 2.29. The van der Waals surface area contributed by atoms with Crippen LogP contribution in [-0.4, -0.2) is 40.8 Å². The quantitative estimate of drug-likeness (QED) is 0.696. The molecular weight excluding hydrogens is 329 g/mol. The zero-order chi connectivity index (χ0) is 18.7. The van der Waals surface area contributed by atoms with Crippen LogP contribution in [0.1, 0.15) is 30.6 Å². The first-order valence-electron chi connectivity index (χ1n) is 8.70. The Morgan fingerprint density at radius 3 is 2.65 bits per heavy atom. The van der Waals surface area contributed by atoms with Crippen LogP contribution < -0.4 is 10.1 Å². The molecule has 26 heavy (non-hydrogen) atoms. The Morgan fingerprint density at radius 2 is 2.00 bits per heavy atom. The monoisotopic (exact) mass is 354 g/mol. The van der Waals surface area contributed by atoms with Gasteiger partial charge in [-0.25, -0.2) is 9.67 Å². The van der Waals surface area contributed by atoms with Crippen molar-refractivity contribution in [2.45, 2.75) is 33.2 Å². The zero-order valence-corrected chi connectivity index (χ0v) is 15.9. The van der Waals surface area contributed by atoms with Gasteiger partial charge in [-0.3, -0.25) is 0 Å². The molecule has 1 N–H and O–H groups in total. The molecule has 0 aliphatic rings. The minimum atomic E-state index is 0.141. The molecule has 0 bridgehead atoms. The van der Waals surface area contributed by atoms with Crippen molar-refractivity contribution in [3.8, 4) is 5.75 Å². The Morgan fingerprint density at radius 1 is 1.19 bits per heavy atom. The number of fused-ring (bicyclic) bond motifs is 1. The minimum Gasteiger partial charge on any atom is -0.497 e. The van der Waals surface area contributed by atoms with Crippen molar-refractivity contribution in [3.05, 3.63) is 35.5 Å². The molecule has 138 valence electrons. The Bertz CT molecular complexity index is 906. The number of rotatable bonds is 7. The average Bonchev–Trinajstić information content (AvgIpc) is 3.05. The molecule has 0 aliphatic carbocycles. The Kier molecular flexibility index (Phi) is 5.37. The second kappa shape index (κ2) is 7.70. The molecule has 0 saturated carbocycles. The minimum absolute atomic E-state index is 0.141. The smallest absolute Gasteiger partial charge is 0.160 e. The molecule has 0 fully saturated rings. The summed E-state index contributed by atoms with van der Waals surface area (Å²) in [6, 6.07) is 8.04. The standard InChI is InChI=1S/C19H25N5O2/c1-6-14(11-25-4)24-17-10-13(3)20-19(18(17)22-23-24)21-16-8-7-15(26-5)9-12(16)2/h7-10,14H,6,11H2,1-5H3,(H,20,21)/i5-1. The third-order valence-corrected chi connectivity index (χ3v) is 4.45. The summed E-state index contributed by atoms with van der Waals surface area (Å²) in [7, 11) is 3.37. The maximum Gasteiger partial charge on any atom is 0.160 e. The molecule has 0 radical (unpaired) electrons.